The Kier molecular flexibility index (Phi) is 3.89. The molecule has 1 fully saturated rings. The van der Waals surface area contributed by atoms with Crippen molar-refractivity contribution >= 4 is 11.9 Å². The second kappa shape index (κ2) is 6.36. The van der Waals surface area contributed by atoms with Gasteiger partial charge in [-0.15, -0.1) is 0 Å². The van der Waals surface area contributed by atoms with Crippen molar-refractivity contribution in [2.45, 2.75) is 12.6 Å². The summed E-state index contributed by atoms with van der Waals surface area (Å²) < 4.78 is 1.81. The average Bonchev–Trinajstić information content (AvgIpc) is 3.18. The normalized spacial score (nSPS) is 16.4. The van der Waals surface area contributed by atoms with Gasteiger partial charge in [0.25, 0.3) is 5.91 Å². The standard InChI is InChI=1S/C19H16N4O3/c24-14-8-4-5-12(9-14)10-23-11-20-15(13-6-2-1-3-7-13)17(23)16-18(25)22-19(26)21-16/h1-9,11,16,24H,10H2,(H2,21,22,25,26). The molecule has 1 saturated heterocycles. The van der Waals surface area contributed by atoms with E-state index in [0.29, 0.717) is 17.9 Å². The number of amides is 3. The molecule has 3 aromatic rings. The molecule has 1 aliphatic heterocycles. The first kappa shape index (κ1) is 15.9. The summed E-state index contributed by atoms with van der Waals surface area (Å²) >= 11 is 0. The fourth-order valence-corrected chi connectivity index (χ4v) is 3.10. The lowest BCUT2D eigenvalue weighted by Gasteiger charge is -2.14. The molecule has 2 heterocycles. The Morgan fingerprint density at radius 2 is 1.88 bits per heavy atom. The maximum Gasteiger partial charge on any atom is 0.322 e. The quantitative estimate of drug-likeness (QED) is 0.630. The zero-order valence-electron chi connectivity index (χ0n) is 13.7. The van der Waals surface area contributed by atoms with Crippen molar-refractivity contribution in [1.82, 2.24) is 20.2 Å². The third-order valence-electron chi connectivity index (χ3n) is 4.24. The molecule has 0 saturated carbocycles. The van der Waals surface area contributed by atoms with Gasteiger partial charge in [-0.2, -0.15) is 0 Å². The van der Waals surface area contributed by atoms with Crippen LogP contribution < -0.4 is 10.6 Å². The molecule has 0 spiro atoms. The molecule has 7 nitrogen and oxygen atoms in total. The Balaban J connectivity index is 1.80. The van der Waals surface area contributed by atoms with Gasteiger partial charge in [0, 0.05) is 12.1 Å². The molecule has 1 unspecified atom stereocenters. The van der Waals surface area contributed by atoms with Crippen LogP contribution in [0, 0.1) is 0 Å². The van der Waals surface area contributed by atoms with Gasteiger partial charge in [-0.3, -0.25) is 10.1 Å². The van der Waals surface area contributed by atoms with E-state index in [1.807, 2.05) is 41.0 Å². The monoisotopic (exact) mass is 348 g/mol. The number of benzene rings is 2. The lowest BCUT2D eigenvalue weighted by Crippen LogP contribution is -2.23. The zero-order chi connectivity index (χ0) is 18.1. The third kappa shape index (κ3) is 2.90. The van der Waals surface area contributed by atoms with Gasteiger partial charge in [0.2, 0.25) is 0 Å². The highest BCUT2D eigenvalue weighted by Crippen LogP contribution is 2.29. The number of phenols is 1. The summed E-state index contributed by atoms with van der Waals surface area (Å²) in [6, 6.07) is 15.0. The number of aromatic hydroxyl groups is 1. The number of carbonyl (C=O) groups is 2. The van der Waals surface area contributed by atoms with Gasteiger partial charge in [-0.1, -0.05) is 42.5 Å². The summed E-state index contributed by atoms with van der Waals surface area (Å²) in [4.78, 5) is 28.3. The van der Waals surface area contributed by atoms with Crippen molar-refractivity contribution in [3.63, 3.8) is 0 Å². The highest BCUT2D eigenvalue weighted by Gasteiger charge is 2.35. The maximum absolute atomic E-state index is 12.2. The van der Waals surface area contributed by atoms with Gasteiger partial charge in [0.1, 0.15) is 5.75 Å². The smallest absolute Gasteiger partial charge is 0.322 e. The minimum absolute atomic E-state index is 0.166. The average molecular weight is 348 g/mol. The van der Waals surface area contributed by atoms with Crippen LogP contribution in [0.3, 0.4) is 0 Å². The maximum atomic E-state index is 12.2. The van der Waals surface area contributed by atoms with Crippen molar-refractivity contribution in [2.75, 3.05) is 0 Å². The molecule has 2 aromatic carbocycles. The first-order chi connectivity index (χ1) is 12.6. The first-order valence-electron chi connectivity index (χ1n) is 8.11. The second-order valence-electron chi connectivity index (χ2n) is 6.04. The summed E-state index contributed by atoms with van der Waals surface area (Å²) in [6.45, 7) is 0.406. The minimum atomic E-state index is -0.822. The minimum Gasteiger partial charge on any atom is -0.508 e. The molecule has 3 N–H and O–H groups in total. The fourth-order valence-electron chi connectivity index (χ4n) is 3.10. The Hall–Kier alpha value is -3.61. The number of aromatic nitrogens is 2. The Morgan fingerprint density at radius 3 is 2.58 bits per heavy atom. The van der Waals surface area contributed by atoms with E-state index in [1.165, 1.54) is 0 Å². The molecule has 0 bridgehead atoms. The number of urea groups is 1. The van der Waals surface area contributed by atoms with Crippen molar-refractivity contribution in [1.29, 1.82) is 0 Å². The van der Waals surface area contributed by atoms with Crippen LogP contribution in [0.1, 0.15) is 17.3 Å². The van der Waals surface area contributed by atoms with Crippen LogP contribution in [0.15, 0.2) is 60.9 Å². The predicted octanol–water partition coefficient (Wildman–Crippen LogP) is 2.18. The topological polar surface area (TPSA) is 96.2 Å². The van der Waals surface area contributed by atoms with E-state index in [-0.39, 0.29) is 5.75 Å². The van der Waals surface area contributed by atoms with Crippen LogP contribution in [0.2, 0.25) is 0 Å². The van der Waals surface area contributed by atoms with Crippen LogP contribution in [0.4, 0.5) is 4.79 Å². The van der Waals surface area contributed by atoms with Crippen molar-refractivity contribution in [3.05, 3.63) is 72.2 Å². The van der Waals surface area contributed by atoms with Crippen LogP contribution in [0.5, 0.6) is 5.75 Å². The van der Waals surface area contributed by atoms with E-state index in [2.05, 4.69) is 15.6 Å². The highest BCUT2D eigenvalue weighted by molar-refractivity contribution is 6.05. The molecule has 4 rings (SSSR count). The summed E-state index contributed by atoms with van der Waals surface area (Å²) in [5.41, 5.74) is 2.94. The largest absolute Gasteiger partial charge is 0.508 e. The van der Waals surface area contributed by atoms with Crippen LogP contribution >= 0.6 is 0 Å². The van der Waals surface area contributed by atoms with Crippen molar-refractivity contribution in [2.24, 2.45) is 0 Å². The van der Waals surface area contributed by atoms with Crippen LogP contribution in [0.25, 0.3) is 11.3 Å². The SMILES string of the molecule is O=C1NC(=O)C(c2c(-c3ccccc3)ncn2Cc2cccc(O)c2)N1. The molecule has 1 aliphatic rings. The number of hydrogen-bond acceptors (Lipinski definition) is 4. The van der Waals surface area contributed by atoms with Gasteiger partial charge in [-0.05, 0) is 17.7 Å². The number of imide groups is 1. The number of carbonyl (C=O) groups excluding carboxylic acids is 2. The molecule has 0 aliphatic carbocycles. The Bertz CT molecular complexity index is 981. The molecule has 1 aromatic heterocycles. The van der Waals surface area contributed by atoms with Gasteiger partial charge in [-0.25, -0.2) is 9.78 Å². The molecule has 26 heavy (non-hydrogen) atoms. The molecule has 0 radical (unpaired) electrons. The molecular formula is C19H16N4O3. The lowest BCUT2D eigenvalue weighted by molar-refractivity contribution is -0.120. The Morgan fingerprint density at radius 1 is 1.08 bits per heavy atom. The summed E-state index contributed by atoms with van der Waals surface area (Å²) in [5.74, 6) is -0.246. The molecule has 1 atom stereocenters. The third-order valence-corrected chi connectivity index (χ3v) is 4.24. The van der Waals surface area contributed by atoms with E-state index in [4.69, 9.17) is 0 Å². The second-order valence-corrected chi connectivity index (χ2v) is 6.04. The van der Waals surface area contributed by atoms with E-state index < -0.39 is 18.0 Å². The molecule has 3 amide bonds. The summed E-state index contributed by atoms with van der Waals surface area (Å²) in [7, 11) is 0. The highest BCUT2D eigenvalue weighted by atomic mass is 16.3. The van der Waals surface area contributed by atoms with Gasteiger partial charge in [0.05, 0.1) is 17.7 Å². The first-order valence-corrected chi connectivity index (χ1v) is 8.11. The number of rotatable bonds is 4. The predicted molar refractivity (Wildman–Crippen MR) is 94.3 cm³/mol. The number of imidazole rings is 1. The van der Waals surface area contributed by atoms with E-state index in [0.717, 1.165) is 11.1 Å². The number of phenolic OH excluding ortho intramolecular Hbond substituents is 1. The van der Waals surface area contributed by atoms with Gasteiger partial charge >= 0.3 is 6.03 Å². The number of hydrogen-bond donors (Lipinski definition) is 3. The van der Waals surface area contributed by atoms with E-state index >= 15 is 0 Å². The van der Waals surface area contributed by atoms with Crippen molar-refractivity contribution < 1.29 is 14.7 Å². The van der Waals surface area contributed by atoms with E-state index in [1.54, 1.807) is 24.5 Å². The number of nitrogens with zero attached hydrogens (tertiary/aromatic N) is 2. The summed E-state index contributed by atoms with van der Waals surface area (Å²) in [6.07, 6.45) is 1.64. The fraction of sp³-hybridized carbons (Fsp3) is 0.105. The number of nitrogens with one attached hydrogen (secondary N) is 2. The van der Waals surface area contributed by atoms with Crippen molar-refractivity contribution in [3.8, 4) is 17.0 Å². The van der Waals surface area contributed by atoms with E-state index in [9.17, 15) is 14.7 Å². The van der Waals surface area contributed by atoms with Gasteiger partial charge < -0.3 is 15.0 Å². The lowest BCUT2D eigenvalue weighted by atomic mass is 10.1. The summed E-state index contributed by atoms with van der Waals surface area (Å²) in [5, 5.41) is 14.6. The molecule has 130 valence electrons. The van der Waals surface area contributed by atoms with Gasteiger partial charge in [0.15, 0.2) is 6.04 Å². The molecular weight excluding hydrogens is 332 g/mol. The molecule has 7 heteroatoms. The Labute approximate surface area is 149 Å². The van der Waals surface area contributed by atoms with Crippen LogP contribution in [-0.2, 0) is 11.3 Å². The van der Waals surface area contributed by atoms with Crippen LogP contribution in [-0.4, -0.2) is 26.6 Å². The zero-order valence-corrected chi connectivity index (χ0v) is 13.7.